The number of hydrogen-bond acceptors (Lipinski definition) is 5. The number of pyridine rings is 1. The van der Waals surface area contributed by atoms with Crippen LogP contribution in [0.4, 0.5) is 0 Å². The van der Waals surface area contributed by atoms with E-state index < -0.39 is 0 Å². The van der Waals surface area contributed by atoms with Gasteiger partial charge in [-0.3, -0.25) is 9.78 Å². The van der Waals surface area contributed by atoms with Gasteiger partial charge in [-0.1, -0.05) is 6.07 Å². The van der Waals surface area contributed by atoms with Crippen molar-refractivity contribution in [2.24, 2.45) is 0 Å². The molecule has 2 aromatic heterocycles. The van der Waals surface area contributed by atoms with Gasteiger partial charge in [0.2, 0.25) is 5.91 Å². The molecular formula is C15H16N4O2. The summed E-state index contributed by atoms with van der Waals surface area (Å²) in [4.78, 5) is 25.8. The molecule has 0 spiro atoms. The van der Waals surface area contributed by atoms with Gasteiger partial charge in [0, 0.05) is 37.1 Å². The van der Waals surface area contributed by atoms with Gasteiger partial charge in [-0.15, -0.1) is 0 Å². The minimum atomic E-state index is 0.199. The summed E-state index contributed by atoms with van der Waals surface area (Å²) in [6.07, 6.45) is 6.69. The quantitative estimate of drug-likeness (QED) is 0.833. The van der Waals surface area contributed by atoms with Crippen LogP contribution in [0.5, 0.6) is 6.01 Å². The van der Waals surface area contributed by atoms with Crippen molar-refractivity contribution in [2.75, 3.05) is 19.7 Å². The SMILES string of the molecule is O=C1CCCN1CCOc1ncc(-c2ccccn2)cn1. The number of amides is 1. The van der Waals surface area contributed by atoms with Crippen LogP contribution in [-0.4, -0.2) is 45.5 Å². The predicted molar refractivity (Wildman–Crippen MR) is 76.6 cm³/mol. The van der Waals surface area contributed by atoms with E-state index in [1.165, 1.54) is 0 Å². The van der Waals surface area contributed by atoms with Gasteiger partial charge in [-0.05, 0) is 18.6 Å². The molecule has 0 N–H and O–H groups in total. The van der Waals surface area contributed by atoms with Crippen molar-refractivity contribution >= 4 is 5.91 Å². The third-order valence-corrected chi connectivity index (χ3v) is 3.35. The topological polar surface area (TPSA) is 68.2 Å². The highest BCUT2D eigenvalue weighted by Crippen LogP contribution is 2.15. The highest BCUT2D eigenvalue weighted by molar-refractivity contribution is 5.78. The molecule has 0 unspecified atom stereocenters. The molecule has 6 nitrogen and oxygen atoms in total. The number of rotatable bonds is 5. The Morgan fingerprint density at radius 3 is 2.71 bits per heavy atom. The van der Waals surface area contributed by atoms with E-state index in [0.29, 0.717) is 25.6 Å². The number of aromatic nitrogens is 3. The van der Waals surface area contributed by atoms with Crippen molar-refractivity contribution in [2.45, 2.75) is 12.8 Å². The largest absolute Gasteiger partial charge is 0.462 e. The minimum Gasteiger partial charge on any atom is -0.462 e. The summed E-state index contributed by atoms with van der Waals surface area (Å²) in [5.41, 5.74) is 1.67. The first kappa shape index (κ1) is 13.5. The number of nitrogens with zero attached hydrogens (tertiary/aromatic N) is 4. The molecule has 108 valence electrons. The van der Waals surface area contributed by atoms with Crippen LogP contribution in [0, 0.1) is 0 Å². The van der Waals surface area contributed by atoms with Crippen LogP contribution in [0.25, 0.3) is 11.3 Å². The summed E-state index contributed by atoms with van der Waals surface area (Å²) in [6.45, 7) is 1.82. The molecule has 0 aromatic carbocycles. The Morgan fingerprint density at radius 1 is 1.19 bits per heavy atom. The van der Waals surface area contributed by atoms with Gasteiger partial charge < -0.3 is 9.64 Å². The standard InChI is InChI=1S/C15H16N4O2/c20-14-5-3-7-19(14)8-9-21-15-17-10-12(11-18-15)13-4-1-2-6-16-13/h1-2,4,6,10-11H,3,5,7-9H2. The van der Waals surface area contributed by atoms with Crippen molar-refractivity contribution in [1.29, 1.82) is 0 Å². The Bertz CT molecular complexity index is 601. The van der Waals surface area contributed by atoms with E-state index in [4.69, 9.17) is 4.74 Å². The van der Waals surface area contributed by atoms with E-state index >= 15 is 0 Å². The number of ether oxygens (including phenoxy) is 1. The van der Waals surface area contributed by atoms with Crippen LogP contribution in [0.1, 0.15) is 12.8 Å². The van der Waals surface area contributed by atoms with E-state index in [1.54, 1.807) is 18.6 Å². The second-order valence-electron chi connectivity index (χ2n) is 4.80. The molecule has 1 aliphatic rings. The second-order valence-corrected chi connectivity index (χ2v) is 4.80. The molecule has 1 amide bonds. The van der Waals surface area contributed by atoms with Gasteiger partial charge in [-0.2, -0.15) is 0 Å². The smallest absolute Gasteiger partial charge is 0.316 e. The number of hydrogen-bond donors (Lipinski definition) is 0. The molecule has 0 atom stereocenters. The summed E-state index contributed by atoms with van der Waals surface area (Å²) >= 11 is 0. The Kier molecular flexibility index (Phi) is 4.04. The summed E-state index contributed by atoms with van der Waals surface area (Å²) < 4.78 is 5.47. The zero-order valence-corrected chi connectivity index (χ0v) is 11.6. The van der Waals surface area contributed by atoms with Crippen LogP contribution in [-0.2, 0) is 4.79 Å². The third kappa shape index (κ3) is 3.34. The fourth-order valence-electron chi connectivity index (χ4n) is 2.24. The van der Waals surface area contributed by atoms with Crippen molar-refractivity contribution in [3.63, 3.8) is 0 Å². The molecule has 1 fully saturated rings. The zero-order chi connectivity index (χ0) is 14.5. The molecule has 3 rings (SSSR count). The van der Waals surface area contributed by atoms with Crippen LogP contribution in [0.2, 0.25) is 0 Å². The molecule has 3 heterocycles. The average molecular weight is 284 g/mol. The van der Waals surface area contributed by atoms with Crippen molar-refractivity contribution in [3.05, 3.63) is 36.8 Å². The lowest BCUT2D eigenvalue weighted by atomic mass is 10.2. The van der Waals surface area contributed by atoms with Gasteiger partial charge in [0.1, 0.15) is 6.61 Å². The molecule has 0 radical (unpaired) electrons. The van der Waals surface area contributed by atoms with Gasteiger partial charge in [0.05, 0.1) is 12.2 Å². The lowest BCUT2D eigenvalue weighted by molar-refractivity contribution is -0.128. The Balaban J connectivity index is 1.54. The lowest BCUT2D eigenvalue weighted by Crippen LogP contribution is -2.29. The maximum absolute atomic E-state index is 11.5. The predicted octanol–water partition coefficient (Wildman–Crippen LogP) is 1.54. The summed E-state index contributed by atoms with van der Waals surface area (Å²) in [6, 6.07) is 6.00. The monoisotopic (exact) mass is 284 g/mol. The Morgan fingerprint density at radius 2 is 2.05 bits per heavy atom. The Labute approximate surface area is 122 Å². The maximum Gasteiger partial charge on any atom is 0.316 e. The molecule has 1 aliphatic heterocycles. The van der Waals surface area contributed by atoms with Crippen LogP contribution in [0.3, 0.4) is 0 Å². The molecule has 1 saturated heterocycles. The van der Waals surface area contributed by atoms with E-state index in [-0.39, 0.29) is 5.91 Å². The number of carbonyl (C=O) groups is 1. The molecule has 0 aliphatic carbocycles. The molecular weight excluding hydrogens is 268 g/mol. The second kappa shape index (κ2) is 6.30. The van der Waals surface area contributed by atoms with E-state index in [1.807, 2.05) is 23.1 Å². The van der Waals surface area contributed by atoms with E-state index in [9.17, 15) is 4.79 Å². The van der Waals surface area contributed by atoms with Gasteiger partial charge in [-0.25, -0.2) is 9.97 Å². The van der Waals surface area contributed by atoms with Crippen LogP contribution in [0.15, 0.2) is 36.8 Å². The molecule has 0 saturated carbocycles. The molecule has 6 heteroatoms. The fraction of sp³-hybridized carbons (Fsp3) is 0.333. The van der Waals surface area contributed by atoms with E-state index in [2.05, 4.69) is 15.0 Å². The van der Waals surface area contributed by atoms with Crippen molar-refractivity contribution in [3.8, 4) is 17.3 Å². The summed E-state index contributed by atoms with van der Waals surface area (Å²) in [5.74, 6) is 0.199. The van der Waals surface area contributed by atoms with Crippen LogP contribution >= 0.6 is 0 Å². The first-order valence-electron chi connectivity index (χ1n) is 6.97. The van der Waals surface area contributed by atoms with E-state index in [0.717, 1.165) is 24.2 Å². The summed E-state index contributed by atoms with van der Waals surface area (Å²) in [5, 5.41) is 0. The van der Waals surface area contributed by atoms with Crippen LogP contribution < -0.4 is 4.74 Å². The zero-order valence-electron chi connectivity index (χ0n) is 11.6. The molecule has 2 aromatic rings. The first-order chi connectivity index (χ1) is 10.3. The minimum absolute atomic E-state index is 0.199. The highest BCUT2D eigenvalue weighted by atomic mass is 16.5. The average Bonchev–Trinajstić information content (AvgIpc) is 2.94. The van der Waals surface area contributed by atoms with Gasteiger partial charge in [0.25, 0.3) is 0 Å². The number of likely N-dealkylation sites (tertiary alicyclic amines) is 1. The van der Waals surface area contributed by atoms with Crippen molar-refractivity contribution in [1.82, 2.24) is 19.9 Å². The van der Waals surface area contributed by atoms with Crippen molar-refractivity contribution < 1.29 is 9.53 Å². The Hall–Kier alpha value is -2.50. The fourth-order valence-corrected chi connectivity index (χ4v) is 2.24. The van der Waals surface area contributed by atoms with Gasteiger partial charge >= 0.3 is 6.01 Å². The number of carbonyl (C=O) groups excluding carboxylic acids is 1. The van der Waals surface area contributed by atoms with Gasteiger partial charge in [0.15, 0.2) is 0 Å². The normalized spacial score (nSPS) is 14.5. The first-order valence-corrected chi connectivity index (χ1v) is 6.97. The highest BCUT2D eigenvalue weighted by Gasteiger charge is 2.19. The maximum atomic E-state index is 11.5. The third-order valence-electron chi connectivity index (χ3n) is 3.35. The molecule has 0 bridgehead atoms. The molecule has 21 heavy (non-hydrogen) atoms. The lowest BCUT2D eigenvalue weighted by Gasteiger charge is -2.14. The summed E-state index contributed by atoms with van der Waals surface area (Å²) in [7, 11) is 0.